The molecule has 8 nitrogen and oxygen atoms in total. The highest BCUT2D eigenvalue weighted by molar-refractivity contribution is 5.95. The average Bonchev–Trinajstić information content (AvgIpc) is 3.25. The van der Waals surface area contributed by atoms with Crippen molar-refractivity contribution in [1.82, 2.24) is 20.2 Å². The first kappa shape index (κ1) is 21.0. The molecule has 2 aromatic rings. The SMILES string of the molecule is CC(=O)NCC(=O)N1CCC[C@H]1c1nc(C)c2c(n1)N(Cc1ccccc1)C(=O)CC2. The molecule has 0 spiro atoms. The number of benzene rings is 1. The van der Waals surface area contributed by atoms with E-state index < -0.39 is 0 Å². The fraction of sp³-hybridized carbons (Fsp3) is 0.435. The van der Waals surface area contributed by atoms with Crippen molar-refractivity contribution < 1.29 is 14.4 Å². The predicted molar refractivity (Wildman–Crippen MR) is 115 cm³/mol. The van der Waals surface area contributed by atoms with Crippen molar-refractivity contribution in [3.05, 3.63) is 53.0 Å². The number of nitrogens with one attached hydrogen (secondary N) is 1. The molecule has 1 saturated heterocycles. The summed E-state index contributed by atoms with van der Waals surface area (Å²) in [4.78, 5) is 49.7. The topological polar surface area (TPSA) is 95.5 Å². The monoisotopic (exact) mass is 421 g/mol. The van der Waals surface area contributed by atoms with E-state index >= 15 is 0 Å². The van der Waals surface area contributed by atoms with Crippen molar-refractivity contribution >= 4 is 23.5 Å². The van der Waals surface area contributed by atoms with Gasteiger partial charge in [-0.3, -0.25) is 19.3 Å². The highest BCUT2D eigenvalue weighted by Gasteiger charge is 2.35. The third kappa shape index (κ3) is 4.42. The lowest BCUT2D eigenvalue weighted by molar-refractivity contribution is -0.133. The van der Waals surface area contributed by atoms with Gasteiger partial charge in [-0.1, -0.05) is 30.3 Å². The van der Waals surface area contributed by atoms with Crippen molar-refractivity contribution in [2.75, 3.05) is 18.0 Å². The highest BCUT2D eigenvalue weighted by Crippen LogP contribution is 2.35. The number of carbonyl (C=O) groups excluding carboxylic acids is 3. The molecule has 3 amide bonds. The van der Waals surface area contributed by atoms with E-state index in [1.165, 1.54) is 6.92 Å². The lowest BCUT2D eigenvalue weighted by Gasteiger charge is -2.31. The van der Waals surface area contributed by atoms with Crippen LogP contribution in [-0.4, -0.2) is 45.7 Å². The van der Waals surface area contributed by atoms with Gasteiger partial charge in [0.1, 0.15) is 5.82 Å². The molecule has 2 aliphatic heterocycles. The molecule has 31 heavy (non-hydrogen) atoms. The van der Waals surface area contributed by atoms with Crippen molar-refractivity contribution in [2.24, 2.45) is 0 Å². The Balaban J connectivity index is 1.65. The summed E-state index contributed by atoms with van der Waals surface area (Å²) in [6.07, 6.45) is 2.68. The Kier molecular flexibility index (Phi) is 5.97. The van der Waals surface area contributed by atoms with E-state index in [0.717, 1.165) is 29.7 Å². The van der Waals surface area contributed by atoms with E-state index in [1.54, 1.807) is 9.80 Å². The standard InChI is InChI=1S/C23H27N5O3/c1-15-18-10-11-20(30)28(14-17-7-4-3-5-8-17)23(18)26-22(25-15)19-9-6-12-27(19)21(31)13-24-16(2)29/h3-5,7-8,19H,6,9-14H2,1-2H3,(H,24,29)/t19-/m0/s1. The van der Waals surface area contributed by atoms with Crippen LogP contribution in [0.25, 0.3) is 0 Å². The van der Waals surface area contributed by atoms with Crippen LogP contribution >= 0.6 is 0 Å². The lowest BCUT2D eigenvalue weighted by Crippen LogP contribution is -2.40. The largest absolute Gasteiger partial charge is 0.347 e. The first-order chi connectivity index (χ1) is 14.9. The van der Waals surface area contributed by atoms with Gasteiger partial charge in [0.2, 0.25) is 17.7 Å². The summed E-state index contributed by atoms with van der Waals surface area (Å²) in [5.74, 6) is 0.890. The molecule has 162 valence electrons. The number of nitrogens with zero attached hydrogens (tertiary/aromatic N) is 4. The summed E-state index contributed by atoms with van der Waals surface area (Å²) in [6.45, 7) is 4.37. The Morgan fingerprint density at radius 3 is 2.68 bits per heavy atom. The summed E-state index contributed by atoms with van der Waals surface area (Å²) in [7, 11) is 0. The number of rotatable bonds is 5. The van der Waals surface area contributed by atoms with Crippen molar-refractivity contribution in [2.45, 2.75) is 52.1 Å². The van der Waals surface area contributed by atoms with Crippen LogP contribution in [0.15, 0.2) is 30.3 Å². The molecule has 1 aromatic heterocycles. The van der Waals surface area contributed by atoms with Gasteiger partial charge in [-0.05, 0) is 31.7 Å². The molecule has 1 atom stereocenters. The number of fused-ring (bicyclic) bond motifs is 1. The average molecular weight is 422 g/mol. The Morgan fingerprint density at radius 1 is 1.16 bits per heavy atom. The van der Waals surface area contributed by atoms with Crippen LogP contribution in [-0.2, 0) is 27.3 Å². The quantitative estimate of drug-likeness (QED) is 0.797. The van der Waals surface area contributed by atoms with Gasteiger partial charge in [-0.15, -0.1) is 0 Å². The first-order valence-electron chi connectivity index (χ1n) is 10.7. The van der Waals surface area contributed by atoms with Gasteiger partial charge in [0, 0.05) is 31.1 Å². The third-order valence-corrected chi connectivity index (χ3v) is 5.90. The summed E-state index contributed by atoms with van der Waals surface area (Å²) in [6, 6.07) is 9.61. The maximum atomic E-state index is 12.8. The van der Waals surface area contributed by atoms with Crippen LogP contribution in [0.3, 0.4) is 0 Å². The van der Waals surface area contributed by atoms with Gasteiger partial charge in [0.05, 0.1) is 19.1 Å². The van der Waals surface area contributed by atoms with E-state index in [4.69, 9.17) is 9.97 Å². The zero-order valence-corrected chi connectivity index (χ0v) is 17.9. The van der Waals surface area contributed by atoms with Gasteiger partial charge in [-0.25, -0.2) is 9.97 Å². The molecule has 1 fully saturated rings. The van der Waals surface area contributed by atoms with Gasteiger partial charge < -0.3 is 10.2 Å². The molecule has 0 radical (unpaired) electrons. The maximum Gasteiger partial charge on any atom is 0.242 e. The molecular weight excluding hydrogens is 394 g/mol. The molecule has 8 heteroatoms. The minimum absolute atomic E-state index is 0.0334. The number of aryl methyl sites for hydroxylation is 1. The smallest absolute Gasteiger partial charge is 0.242 e. The van der Waals surface area contributed by atoms with E-state index in [-0.39, 0.29) is 30.3 Å². The van der Waals surface area contributed by atoms with Crippen molar-refractivity contribution in [3.63, 3.8) is 0 Å². The number of amides is 3. The van der Waals surface area contributed by atoms with Crippen LogP contribution < -0.4 is 10.2 Å². The summed E-state index contributed by atoms with van der Waals surface area (Å²) in [5, 5.41) is 2.57. The van der Waals surface area contributed by atoms with Crippen LogP contribution in [0, 0.1) is 6.92 Å². The third-order valence-electron chi connectivity index (χ3n) is 5.90. The highest BCUT2D eigenvalue weighted by atomic mass is 16.2. The molecule has 3 heterocycles. The molecule has 4 rings (SSSR count). The Morgan fingerprint density at radius 2 is 1.94 bits per heavy atom. The number of hydrogen-bond acceptors (Lipinski definition) is 5. The zero-order chi connectivity index (χ0) is 22.0. The summed E-state index contributed by atoms with van der Waals surface area (Å²) >= 11 is 0. The second-order valence-corrected chi connectivity index (χ2v) is 8.09. The minimum atomic E-state index is -0.249. The van der Waals surface area contributed by atoms with Crippen molar-refractivity contribution in [3.8, 4) is 0 Å². The predicted octanol–water partition coefficient (Wildman–Crippen LogP) is 2.06. The van der Waals surface area contributed by atoms with E-state index in [0.29, 0.717) is 37.6 Å². The fourth-order valence-electron chi connectivity index (χ4n) is 4.32. The van der Waals surface area contributed by atoms with Crippen LogP contribution in [0.5, 0.6) is 0 Å². The van der Waals surface area contributed by atoms with Crippen molar-refractivity contribution in [1.29, 1.82) is 0 Å². The Bertz CT molecular complexity index is 1010. The van der Waals surface area contributed by atoms with E-state index in [1.807, 2.05) is 37.3 Å². The number of aromatic nitrogens is 2. The normalized spacial score (nSPS) is 18.1. The second kappa shape index (κ2) is 8.83. The minimum Gasteiger partial charge on any atom is -0.347 e. The number of hydrogen-bond donors (Lipinski definition) is 1. The molecule has 0 aliphatic carbocycles. The van der Waals surface area contributed by atoms with E-state index in [9.17, 15) is 14.4 Å². The summed E-state index contributed by atoms with van der Waals surface area (Å²) < 4.78 is 0. The second-order valence-electron chi connectivity index (χ2n) is 8.09. The van der Waals surface area contributed by atoms with Crippen LogP contribution in [0.1, 0.15) is 54.9 Å². The van der Waals surface area contributed by atoms with Crippen LogP contribution in [0.4, 0.5) is 5.82 Å². The summed E-state index contributed by atoms with van der Waals surface area (Å²) in [5.41, 5.74) is 2.88. The number of likely N-dealkylation sites (tertiary alicyclic amines) is 1. The molecule has 0 saturated carbocycles. The Labute approximate surface area is 181 Å². The Hall–Kier alpha value is -3.29. The number of carbonyl (C=O) groups is 3. The maximum absolute atomic E-state index is 12.8. The van der Waals surface area contributed by atoms with Gasteiger partial charge in [-0.2, -0.15) is 0 Å². The van der Waals surface area contributed by atoms with Gasteiger partial charge >= 0.3 is 0 Å². The lowest BCUT2D eigenvalue weighted by atomic mass is 10.0. The van der Waals surface area contributed by atoms with Gasteiger partial charge in [0.25, 0.3) is 0 Å². The number of anilines is 1. The van der Waals surface area contributed by atoms with Crippen LogP contribution in [0.2, 0.25) is 0 Å². The van der Waals surface area contributed by atoms with E-state index in [2.05, 4.69) is 5.32 Å². The molecule has 1 N–H and O–H groups in total. The molecule has 1 aromatic carbocycles. The first-order valence-corrected chi connectivity index (χ1v) is 10.7. The fourth-order valence-corrected chi connectivity index (χ4v) is 4.32. The molecule has 2 aliphatic rings. The van der Waals surface area contributed by atoms with Gasteiger partial charge in [0.15, 0.2) is 5.82 Å². The molecular formula is C23H27N5O3. The molecule has 0 bridgehead atoms. The zero-order valence-electron chi connectivity index (χ0n) is 17.9. The molecule has 0 unspecified atom stereocenters.